The topological polar surface area (TPSA) is 78.0 Å². The molecule has 9 heteroatoms. The number of hydrogen-bond donors (Lipinski definition) is 2. The third-order valence-corrected chi connectivity index (χ3v) is 4.30. The molecule has 0 aliphatic rings. The van der Waals surface area contributed by atoms with Crippen LogP contribution in [-0.4, -0.2) is 15.7 Å². The molecule has 1 atom stereocenters. The van der Waals surface area contributed by atoms with Gasteiger partial charge in [-0.05, 0) is 30.6 Å². The van der Waals surface area contributed by atoms with Gasteiger partial charge in [-0.15, -0.1) is 0 Å². The van der Waals surface area contributed by atoms with Crippen molar-refractivity contribution in [3.8, 4) is 6.07 Å². The second-order valence-electron chi connectivity index (χ2n) is 4.74. The Morgan fingerprint density at radius 1 is 1.43 bits per heavy atom. The van der Waals surface area contributed by atoms with Crippen LogP contribution in [0.25, 0.3) is 0 Å². The molecule has 0 bridgehead atoms. The first-order chi connectivity index (χ1) is 10.8. The van der Waals surface area contributed by atoms with Crippen LogP contribution in [0.15, 0.2) is 29.1 Å². The third kappa shape index (κ3) is 3.38. The summed E-state index contributed by atoms with van der Waals surface area (Å²) in [5.41, 5.74) is -2.08. The van der Waals surface area contributed by atoms with Crippen molar-refractivity contribution in [3.63, 3.8) is 0 Å². The number of nitriles is 1. The van der Waals surface area contributed by atoms with Gasteiger partial charge in [0.05, 0.1) is 23.9 Å². The second kappa shape index (κ2) is 6.44. The van der Waals surface area contributed by atoms with Crippen molar-refractivity contribution < 1.29 is 18.3 Å². The first-order valence-electron chi connectivity index (χ1n) is 6.49. The Morgan fingerprint density at radius 2 is 2.09 bits per heavy atom. The van der Waals surface area contributed by atoms with Gasteiger partial charge in [0.1, 0.15) is 11.1 Å². The van der Waals surface area contributed by atoms with Gasteiger partial charge in [0.2, 0.25) is 0 Å². The van der Waals surface area contributed by atoms with Gasteiger partial charge in [0.25, 0.3) is 5.56 Å². The van der Waals surface area contributed by atoms with E-state index in [1.807, 2.05) is 0 Å². The Kier molecular flexibility index (Phi) is 4.77. The van der Waals surface area contributed by atoms with Crippen molar-refractivity contribution in [2.75, 3.05) is 11.9 Å². The molecule has 2 N–H and O–H groups in total. The number of hydrogen-bond acceptors (Lipinski definition) is 5. The molecule has 0 amide bonds. The van der Waals surface area contributed by atoms with Gasteiger partial charge in [-0.1, -0.05) is 12.1 Å². The van der Waals surface area contributed by atoms with E-state index in [2.05, 4.69) is 5.32 Å². The summed E-state index contributed by atoms with van der Waals surface area (Å²) >= 11 is 0.801. The Labute approximate surface area is 133 Å². The molecule has 0 aliphatic heterocycles. The van der Waals surface area contributed by atoms with E-state index in [0.29, 0.717) is 0 Å². The maximum Gasteiger partial charge on any atom is 0.418 e. The summed E-state index contributed by atoms with van der Waals surface area (Å²) in [5, 5.41) is 20.7. The Hall–Kier alpha value is -2.31. The van der Waals surface area contributed by atoms with E-state index in [4.69, 9.17) is 10.4 Å². The first kappa shape index (κ1) is 17.1. The van der Waals surface area contributed by atoms with E-state index < -0.39 is 23.3 Å². The van der Waals surface area contributed by atoms with Crippen LogP contribution in [0.2, 0.25) is 0 Å². The zero-order chi connectivity index (χ0) is 17.2. The molecular formula is C14H12F3N3O2S. The van der Waals surface area contributed by atoms with Gasteiger partial charge in [-0.25, -0.2) is 0 Å². The lowest BCUT2D eigenvalue weighted by atomic mass is 10.1. The fraction of sp³-hybridized carbons (Fsp3) is 0.286. The SMILES string of the molecule is C[C@@H](CO)n1sc(Nc2ccccc2C(F)(F)F)c(C#N)c1=O. The van der Waals surface area contributed by atoms with Crippen LogP contribution in [0.3, 0.4) is 0 Å². The average molecular weight is 343 g/mol. The van der Waals surface area contributed by atoms with Gasteiger partial charge >= 0.3 is 6.18 Å². The van der Waals surface area contributed by atoms with Crippen LogP contribution in [0.5, 0.6) is 0 Å². The predicted octanol–water partition coefficient (Wildman–Crippen LogP) is 3.10. The number of anilines is 2. The lowest BCUT2D eigenvalue weighted by Gasteiger charge is -2.13. The molecule has 122 valence electrons. The van der Waals surface area contributed by atoms with Gasteiger partial charge in [-0.2, -0.15) is 18.4 Å². The van der Waals surface area contributed by atoms with E-state index in [-0.39, 0.29) is 22.9 Å². The molecule has 2 aromatic rings. The second-order valence-corrected chi connectivity index (χ2v) is 5.72. The quantitative estimate of drug-likeness (QED) is 0.894. The summed E-state index contributed by atoms with van der Waals surface area (Å²) in [7, 11) is 0. The van der Waals surface area contributed by atoms with Gasteiger partial charge in [0, 0.05) is 0 Å². The minimum Gasteiger partial charge on any atom is -0.394 e. The van der Waals surface area contributed by atoms with Crippen molar-refractivity contribution >= 4 is 22.2 Å². The largest absolute Gasteiger partial charge is 0.418 e. The standard InChI is InChI=1S/C14H12F3N3O2S/c1-8(7-21)20-13(22)9(6-18)12(23-20)19-11-5-3-2-4-10(11)14(15,16)17/h2-5,8,19,21H,7H2,1H3/t8-/m0/s1. The van der Waals surface area contributed by atoms with Crippen molar-refractivity contribution in [1.82, 2.24) is 3.96 Å². The normalized spacial score (nSPS) is 12.7. The fourth-order valence-electron chi connectivity index (χ4n) is 1.90. The number of nitrogens with one attached hydrogen (secondary N) is 1. The number of aliphatic hydroxyl groups excluding tert-OH is 1. The minimum atomic E-state index is -4.57. The Morgan fingerprint density at radius 3 is 2.65 bits per heavy atom. The zero-order valence-corrected chi connectivity index (χ0v) is 12.7. The molecule has 0 fully saturated rings. The van der Waals surface area contributed by atoms with Crippen LogP contribution < -0.4 is 10.9 Å². The first-order valence-corrected chi connectivity index (χ1v) is 7.27. The van der Waals surface area contributed by atoms with Crippen molar-refractivity contribution in [2.24, 2.45) is 0 Å². The highest BCUT2D eigenvalue weighted by Gasteiger charge is 2.33. The molecule has 0 saturated carbocycles. The number of halogens is 3. The molecule has 2 rings (SSSR count). The average Bonchev–Trinajstić information content (AvgIpc) is 2.81. The van der Waals surface area contributed by atoms with E-state index in [1.165, 1.54) is 18.2 Å². The molecule has 5 nitrogen and oxygen atoms in total. The van der Waals surface area contributed by atoms with Crippen molar-refractivity contribution in [3.05, 3.63) is 45.7 Å². The monoisotopic (exact) mass is 343 g/mol. The van der Waals surface area contributed by atoms with Crippen molar-refractivity contribution in [2.45, 2.75) is 19.1 Å². The predicted molar refractivity (Wildman–Crippen MR) is 79.8 cm³/mol. The summed E-state index contributed by atoms with van der Waals surface area (Å²) in [6.45, 7) is 1.23. The number of benzene rings is 1. The van der Waals surface area contributed by atoms with Gasteiger partial charge in [-0.3, -0.25) is 8.75 Å². The molecule has 1 aromatic heterocycles. The third-order valence-electron chi connectivity index (χ3n) is 3.09. The number of para-hydroxylation sites is 1. The summed E-state index contributed by atoms with van der Waals surface area (Å²) in [4.78, 5) is 12.1. The lowest BCUT2D eigenvalue weighted by Crippen LogP contribution is -2.20. The van der Waals surface area contributed by atoms with Crippen LogP contribution in [-0.2, 0) is 6.18 Å². The molecule has 0 spiro atoms. The van der Waals surface area contributed by atoms with Crippen LogP contribution in [0.1, 0.15) is 24.1 Å². The molecule has 0 radical (unpaired) electrons. The summed E-state index contributed by atoms with van der Waals surface area (Å²) in [6.07, 6.45) is -4.57. The van der Waals surface area contributed by atoms with Crippen LogP contribution >= 0.6 is 11.5 Å². The van der Waals surface area contributed by atoms with E-state index in [9.17, 15) is 18.0 Å². The van der Waals surface area contributed by atoms with Crippen molar-refractivity contribution in [1.29, 1.82) is 5.26 Å². The summed E-state index contributed by atoms with van der Waals surface area (Å²) in [6, 6.07) is 5.91. The van der Waals surface area contributed by atoms with Gasteiger partial charge < -0.3 is 10.4 Å². The highest BCUT2D eigenvalue weighted by Crippen LogP contribution is 2.37. The lowest BCUT2D eigenvalue weighted by molar-refractivity contribution is -0.136. The molecule has 23 heavy (non-hydrogen) atoms. The zero-order valence-electron chi connectivity index (χ0n) is 11.9. The van der Waals surface area contributed by atoms with E-state index >= 15 is 0 Å². The smallest absolute Gasteiger partial charge is 0.394 e. The molecule has 0 aliphatic carbocycles. The highest BCUT2D eigenvalue weighted by atomic mass is 32.1. The summed E-state index contributed by atoms with van der Waals surface area (Å²) < 4.78 is 40.1. The maximum atomic E-state index is 13.0. The van der Waals surface area contributed by atoms with Gasteiger partial charge in [0.15, 0.2) is 5.56 Å². The Balaban J connectivity index is 2.51. The molecule has 0 unspecified atom stereocenters. The van der Waals surface area contributed by atoms with Crippen LogP contribution in [0, 0.1) is 11.3 Å². The summed E-state index contributed by atoms with van der Waals surface area (Å²) in [5.74, 6) is 0. The molecule has 1 aromatic carbocycles. The van der Waals surface area contributed by atoms with E-state index in [1.54, 1.807) is 13.0 Å². The molecular weight excluding hydrogens is 331 g/mol. The fourth-order valence-corrected chi connectivity index (χ4v) is 2.90. The molecule has 0 saturated heterocycles. The minimum absolute atomic E-state index is 0.00880. The number of rotatable bonds is 4. The number of aromatic nitrogens is 1. The van der Waals surface area contributed by atoms with Crippen LogP contribution in [0.4, 0.5) is 23.9 Å². The number of aliphatic hydroxyl groups is 1. The highest BCUT2D eigenvalue weighted by molar-refractivity contribution is 7.11. The maximum absolute atomic E-state index is 13.0. The molecule has 1 heterocycles. The van der Waals surface area contributed by atoms with E-state index in [0.717, 1.165) is 21.6 Å². The Bertz CT molecular complexity index is 805. The number of nitrogens with zero attached hydrogens (tertiary/aromatic N) is 2. The number of alkyl halides is 3.